The van der Waals surface area contributed by atoms with Crippen molar-refractivity contribution in [3.8, 4) is 0 Å². The summed E-state index contributed by atoms with van der Waals surface area (Å²) in [6.45, 7) is 7.43. The summed E-state index contributed by atoms with van der Waals surface area (Å²) in [7, 11) is 0. The molecule has 1 N–H and O–H groups in total. The molecule has 1 fully saturated rings. The quantitative estimate of drug-likeness (QED) is 0.671. The highest BCUT2D eigenvalue weighted by molar-refractivity contribution is 7.78. The zero-order valence-corrected chi connectivity index (χ0v) is 9.50. The molecule has 82 valence electrons. The van der Waals surface area contributed by atoms with Crippen LogP contribution in [0.15, 0.2) is 0 Å². The normalized spacial score (nSPS) is 33.4. The molecule has 0 aromatic heterocycles. The fourth-order valence-corrected chi connectivity index (χ4v) is 3.01. The molecule has 0 aromatic carbocycles. The Balaban J connectivity index is 3.01. The van der Waals surface area contributed by atoms with E-state index in [1.165, 1.54) is 0 Å². The van der Waals surface area contributed by atoms with E-state index < -0.39 is 17.4 Å². The third-order valence-corrected chi connectivity index (χ3v) is 3.34. The first-order valence-electron chi connectivity index (χ1n) is 4.36. The zero-order valence-electron chi connectivity index (χ0n) is 8.68. The Morgan fingerprint density at radius 3 is 2.29 bits per heavy atom. The molecule has 1 rings (SSSR count). The molecular formula is C8H15NO4S. The van der Waals surface area contributed by atoms with Crippen LogP contribution in [0.3, 0.4) is 0 Å². The molecule has 1 aliphatic rings. The number of nitrogens with zero attached hydrogens (tertiary/aromatic N) is 1. The second-order valence-electron chi connectivity index (χ2n) is 4.44. The SMILES string of the molecule is CC1OS(=O)N(C(=O)O)C1C(C)(C)C. The van der Waals surface area contributed by atoms with Gasteiger partial charge < -0.3 is 5.11 Å². The molecule has 1 saturated heterocycles. The van der Waals surface area contributed by atoms with Gasteiger partial charge in [-0.15, -0.1) is 0 Å². The van der Waals surface area contributed by atoms with Crippen molar-refractivity contribution in [3.05, 3.63) is 0 Å². The maximum absolute atomic E-state index is 11.3. The van der Waals surface area contributed by atoms with Crippen LogP contribution in [0.25, 0.3) is 0 Å². The van der Waals surface area contributed by atoms with E-state index in [0.29, 0.717) is 0 Å². The highest BCUT2D eigenvalue weighted by Crippen LogP contribution is 2.34. The summed E-state index contributed by atoms with van der Waals surface area (Å²) < 4.78 is 17.2. The number of amides is 1. The summed E-state index contributed by atoms with van der Waals surface area (Å²) in [6.07, 6.45) is -1.54. The zero-order chi connectivity index (χ0) is 11.1. The first kappa shape index (κ1) is 11.5. The summed E-state index contributed by atoms with van der Waals surface area (Å²) in [4.78, 5) is 10.9. The van der Waals surface area contributed by atoms with Gasteiger partial charge in [0.2, 0.25) is 0 Å². The van der Waals surface area contributed by atoms with E-state index >= 15 is 0 Å². The number of hydrogen-bond donors (Lipinski definition) is 1. The first-order chi connectivity index (χ1) is 6.25. The third-order valence-electron chi connectivity index (χ3n) is 2.17. The van der Waals surface area contributed by atoms with Gasteiger partial charge in [-0.1, -0.05) is 20.8 Å². The van der Waals surface area contributed by atoms with Gasteiger partial charge in [0.05, 0.1) is 12.1 Å². The molecule has 0 aromatic rings. The molecule has 0 radical (unpaired) electrons. The third kappa shape index (κ3) is 1.90. The van der Waals surface area contributed by atoms with Crippen LogP contribution in [0.5, 0.6) is 0 Å². The Kier molecular flexibility index (Phi) is 2.87. The van der Waals surface area contributed by atoms with Crippen molar-refractivity contribution in [2.45, 2.75) is 39.8 Å². The van der Waals surface area contributed by atoms with Gasteiger partial charge in [-0.05, 0) is 12.3 Å². The molecule has 1 heterocycles. The molecule has 3 unspecified atom stereocenters. The maximum atomic E-state index is 11.3. The van der Waals surface area contributed by atoms with E-state index in [1.807, 2.05) is 20.8 Å². The molecule has 0 spiro atoms. The maximum Gasteiger partial charge on any atom is 0.421 e. The molecule has 6 heteroatoms. The van der Waals surface area contributed by atoms with Gasteiger partial charge in [-0.25, -0.2) is 9.00 Å². The number of hydrogen-bond acceptors (Lipinski definition) is 3. The van der Waals surface area contributed by atoms with Crippen LogP contribution in [-0.2, 0) is 15.4 Å². The largest absolute Gasteiger partial charge is 0.464 e. The van der Waals surface area contributed by atoms with E-state index in [0.717, 1.165) is 4.31 Å². The Labute approximate surface area is 85.8 Å². The lowest BCUT2D eigenvalue weighted by Gasteiger charge is -2.32. The molecule has 3 atom stereocenters. The lowest BCUT2D eigenvalue weighted by Crippen LogP contribution is -2.46. The summed E-state index contributed by atoms with van der Waals surface area (Å²) in [5, 5.41) is 8.89. The molecule has 1 amide bonds. The van der Waals surface area contributed by atoms with Crippen molar-refractivity contribution in [1.82, 2.24) is 4.31 Å². The monoisotopic (exact) mass is 221 g/mol. The average Bonchev–Trinajstić information content (AvgIpc) is 2.23. The Morgan fingerprint density at radius 1 is 1.50 bits per heavy atom. The minimum Gasteiger partial charge on any atom is -0.464 e. The van der Waals surface area contributed by atoms with Gasteiger partial charge in [0.1, 0.15) is 0 Å². The van der Waals surface area contributed by atoms with Crippen LogP contribution < -0.4 is 0 Å². The Bertz CT molecular complexity index is 273. The molecule has 1 aliphatic heterocycles. The molecule has 0 aliphatic carbocycles. The van der Waals surface area contributed by atoms with Crippen molar-refractivity contribution >= 4 is 17.4 Å². The van der Waals surface area contributed by atoms with E-state index in [4.69, 9.17) is 9.29 Å². The van der Waals surface area contributed by atoms with Crippen molar-refractivity contribution < 1.29 is 18.3 Å². The second kappa shape index (κ2) is 3.51. The van der Waals surface area contributed by atoms with Crippen molar-refractivity contribution in [3.63, 3.8) is 0 Å². The minimum absolute atomic E-state index is 0.288. The molecule has 0 saturated carbocycles. The van der Waals surface area contributed by atoms with E-state index in [2.05, 4.69) is 0 Å². The fourth-order valence-electron chi connectivity index (χ4n) is 1.75. The smallest absolute Gasteiger partial charge is 0.421 e. The van der Waals surface area contributed by atoms with Gasteiger partial charge in [-0.2, -0.15) is 4.31 Å². The topological polar surface area (TPSA) is 66.8 Å². The summed E-state index contributed by atoms with van der Waals surface area (Å²) >= 11 is -1.86. The predicted octanol–water partition coefficient (Wildman–Crippen LogP) is 1.38. The van der Waals surface area contributed by atoms with E-state index in [-0.39, 0.29) is 17.6 Å². The lowest BCUT2D eigenvalue weighted by atomic mass is 9.84. The summed E-state index contributed by atoms with van der Waals surface area (Å²) in [5.41, 5.74) is -0.288. The number of rotatable bonds is 0. The summed E-state index contributed by atoms with van der Waals surface area (Å²) in [5.74, 6) is 0. The van der Waals surface area contributed by atoms with Crippen molar-refractivity contribution in [2.24, 2.45) is 5.41 Å². The van der Waals surface area contributed by atoms with Crippen LogP contribution in [0.2, 0.25) is 0 Å². The highest BCUT2D eigenvalue weighted by atomic mass is 32.2. The van der Waals surface area contributed by atoms with Crippen LogP contribution in [0.4, 0.5) is 4.79 Å². The van der Waals surface area contributed by atoms with Gasteiger partial charge in [0, 0.05) is 0 Å². The Morgan fingerprint density at radius 2 is 2.00 bits per heavy atom. The standard InChI is InChI=1S/C8H15NO4S/c1-5-6(8(2,3)4)9(7(10)11)14(12)13-5/h5-6H,1-4H3,(H,10,11). The number of carboxylic acid groups (broad SMARTS) is 1. The first-order valence-corrected chi connectivity index (χ1v) is 5.39. The van der Waals surface area contributed by atoms with Gasteiger partial charge >= 0.3 is 6.09 Å². The van der Waals surface area contributed by atoms with Gasteiger partial charge in [0.15, 0.2) is 0 Å². The molecule has 5 nitrogen and oxygen atoms in total. The second-order valence-corrected chi connectivity index (χ2v) is 5.46. The molecular weight excluding hydrogens is 206 g/mol. The van der Waals surface area contributed by atoms with E-state index in [1.54, 1.807) is 6.92 Å². The molecule has 0 bridgehead atoms. The number of carbonyl (C=O) groups is 1. The van der Waals surface area contributed by atoms with Crippen LogP contribution >= 0.6 is 0 Å². The van der Waals surface area contributed by atoms with Gasteiger partial charge in [-0.3, -0.25) is 4.18 Å². The van der Waals surface area contributed by atoms with Crippen molar-refractivity contribution in [1.29, 1.82) is 0 Å². The fraction of sp³-hybridized carbons (Fsp3) is 0.875. The Hall–Kier alpha value is -0.620. The van der Waals surface area contributed by atoms with Gasteiger partial charge in [0.25, 0.3) is 11.3 Å². The highest BCUT2D eigenvalue weighted by Gasteiger charge is 2.48. The minimum atomic E-state index is -1.86. The van der Waals surface area contributed by atoms with Crippen LogP contribution in [-0.4, -0.2) is 31.9 Å². The van der Waals surface area contributed by atoms with Crippen LogP contribution in [0, 0.1) is 5.41 Å². The van der Waals surface area contributed by atoms with Crippen molar-refractivity contribution in [2.75, 3.05) is 0 Å². The average molecular weight is 221 g/mol. The summed E-state index contributed by atoms with van der Waals surface area (Å²) in [6, 6.07) is -0.374. The molecule has 14 heavy (non-hydrogen) atoms. The lowest BCUT2D eigenvalue weighted by molar-refractivity contribution is 0.105. The predicted molar refractivity (Wildman–Crippen MR) is 51.8 cm³/mol. The van der Waals surface area contributed by atoms with E-state index in [9.17, 15) is 9.00 Å². The van der Waals surface area contributed by atoms with Crippen LogP contribution in [0.1, 0.15) is 27.7 Å².